The lowest BCUT2D eigenvalue weighted by Gasteiger charge is -2.43. The summed E-state index contributed by atoms with van der Waals surface area (Å²) in [5.41, 5.74) is 1.25. The van der Waals surface area contributed by atoms with Gasteiger partial charge in [0.1, 0.15) is 11.6 Å². The highest BCUT2D eigenvalue weighted by atomic mass is 16.6. The number of ketones is 1. The molecular formula is C31H53NO5. The van der Waals surface area contributed by atoms with Gasteiger partial charge in [0.05, 0.1) is 0 Å². The number of nitrogens with one attached hydrogen (secondary N) is 1. The Morgan fingerprint density at radius 1 is 1.00 bits per heavy atom. The van der Waals surface area contributed by atoms with E-state index in [1.807, 2.05) is 6.92 Å². The molecule has 0 aromatic carbocycles. The first-order valence-corrected chi connectivity index (χ1v) is 14.9. The summed E-state index contributed by atoms with van der Waals surface area (Å²) >= 11 is 0. The standard InChI is InChI=1S/C31H53NO5/c1-7-8-9-10-11-12-13-14-15-16-20-25(32-29(35)37-30(3,4)5)28(34)36-26-22-31(6)21-18-17-19-24(31)23(2)27(26)33/h25-26H,7-22H2,1-6H3,(H,32,35)/t25?,26?,31-/m0/s1. The van der Waals surface area contributed by atoms with E-state index in [-0.39, 0.29) is 11.2 Å². The number of unbranched alkanes of at least 4 members (excludes halogenated alkanes) is 9. The van der Waals surface area contributed by atoms with Gasteiger partial charge in [0.15, 0.2) is 11.9 Å². The van der Waals surface area contributed by atoms with Crippen LogP contribution in [0.3, 0.4) is 0 Å². The number of hydrogen-bond donors (Lipinski definition) is 1. The molecule has 6 heteroatoms. The molecule has 2 aliphatic rings. The number of carbonyl (C=O) groups is 3. The van der Waals surface area contributed by atoms with E-state index in [1.54, 1.807) is 20.8 Å². The number of ether oxygens (including phenoxy) is 2. The molecule has 1 fully saturated rings. The quantitative estimate of drug-likeness (QED) is 0.186. The minimum Gasteiger partial charge on any atom is -0.452 e. The molecule has 37 heavy (non-hydrogen) atoms. The summed E-state index contributed by atoms with van der Waals surface area (Å²) in [4.78, 5) is 38.8. The Morgan fingerprint density at radius 3 is 2.19 bits per heavy atom. The first-order chi connectivity index (χ1) is 17.5. The lowest BCUT2D eigenvalue weighted by molar-refractivity contribution is -0.158. The van der Waals surface area contributed by atoms with Crippen molar-refractivity contribution in [1.82, 2.24) is 5.32 Å². The minimum atomic E-state index is -0.818. The number of amides is 1. The van der Waals surface area contributed by atoms with Gasteiger partial charge in [-0.3, -0.25) is 4.79 Å². The van der Waals surface area contributed by atoms with Crippen LogP contribution in [0, 0.1) is 5.41 Å². The number of hydrogen-bond acceptors (Lipinski definition) is 5. The first-order valence-electron chi connectivity index (χ1n) is 14.9. The predicted octanol–water partition coefficient (Wildman–Crippen LogP) is 7.97. The number of esters is 1. The molecule has 0 spiro atoms. The van der Waals surface area contributed by atoms with E-state index in [1.165, 1.54) is 50.5 Å². The Labute approximate surface area is 225 Å². The van der Waals surface area contributed by atoms with Gasteiger partial charge in [-0.05, 0) is 64.4 Å². The molecule has 6 nitrogen and oxygen atoms in total. The Balaban J connectivity index is 1.92. The van der Waals surface area contributed by atoms with E-state index in [0.29, 0.717) is 12.8 Å². The molecule has 2 unspecified atom stereocenters. The number of allylic oxidation sites excluding steroid dienone is 1. The van der Waals surface area contributed by atoms with Gasteiger partial charge in [0, 0.05) is 6.42 Å². The molecule has 0 radical (unpaired) electrons. The van der Waals surface area contributed by atoms with E-state index < -0.39 is 29.8 Å². The molecule has 2 rings (SSSR count). The second-order valence-corrected chi connectivity index (χ2v) is 12.5. The van der Waals surface area contributed by atoms with Crippen LogP contribution >= 0.6 is 0 Å². The first kappa shape index (κ1) is 31.4. The van der Waals surface area contributed by atoms with Crippen molar-refractivity contribution in [1.29, 1.82) is 0 Å². The summed E-state index contributed by atoms with van der Waals surface area (Å²) in [7, 11) is 0. The molecule has 1 saturated carbocycles. The zero-order valence-electron chi connectivity index (χ0n) is 24.5. The van der Waals surface area contributed by atoms with E-state index >= 15 is 0 Å². The van der Waals surface area contributed by atoms with Crippen molar-refractivity contribution in [3.8, 4) is 0 Å². The smallest absolute Gasteiger partial charge is 0.408 e. The maximum absolute atomic E-state index is 13.3. The van der Waals surface area contributed by atoms with Gasteiger partial charge in [-0.15, -0.1) is 0 Å². The normalized spacial score (nSPS) is 22.9. The molecule has 0 aromatic heterocycles. The second-order valence-electron chi connectivity index (χ2n) is 12.5. The molecule has 0 aromatic rings. The highest BCUT2D eigenvalue weighted by molar-refractivity contribution is 6.01. The van der Waals surface area contributed by atoms with Crippen LogP contribution in [0.4, 0.5) is 4.79 Å². The van der Waals surface area contributed by atoms with Crippen molar-refractivity contribution < 1.29 is 23.9 Å². The van der Waals surface area contributed by atoms with E-state index in [4.69, 9.17) is 9.47 Å². The molecule has 0 saturated heterocycles. The molecule has 1 amide bonds. The highest BCUT2D eigenvalue weighted by Crippen LogP contribution is 2.49. The van der Waals surface area contributed by atoms with E-state index in [0.717, 1.165) is 50.5 Å². The van der Waals surface area contributed by atoms with Crippen LogP contribution in [0.5, 0.6) is 0 Å². The topological polar surface area (TPSA) is 81.7 Å². The van der Waals surface area contributed by atoms with Crippen molar-refractivity contribution >= 4 is 17.8 Å². The zero-order valence-corrected chi connectivity index (χ0v) is 24.5. The van der Waals surface area contributed by atoms with Crippen molar-refractivity contribution in [2.24, 2.45) is 5.41 Å². The number of carbonyl (C=O) groups excluding carboxylic acids is 3. The van der Waals surface area contributed by atoms with Crippen molar-refractivity contribution in [3.63, 3.8) is 0 Å². The summed E-state index contributed by atoms with van der Waals surface area (Å²) in [6.45, 7) is 11.7. The van der Waals surface area contributed by atoms with Crippen molar-refractivity contribution in [2.45, 2.75) is 162 Å². The Hall–Kier alpha value is -1.85. The monoisotopic (exact) mass is 519 g/mol. The number of rotatable bonds is 14. The molecule has 0 bridgehead atoms. The summed E-state index contributed by atoms with van der Waals surface area (Å²) < 4.78 is 11.2. The minimum absolute atomic E-state index is 0.0855. The highest BCUT2D eigenvalue weighted by Gasteiger charge is 2.44. The lowest BCUT2D eigenvalue weighted by Crippen LogP contribution is -2.48. The summed E-state index contributed by atoms with van der Waals surface area (Å²) in [6.07, 6.45) is 15.7. The third-order valence-corrected chi connectivity index (χ3v) is 7.96. The largest absolute Gasteiger partial charge is 0.452 e. The number of Topliss-reactive ketones (excluding diaryl/α,β-unsaturated/α-hetero) is 1. The average molecular weight is 520 g/mol. The molecule has 0 aliphatic heterocycles. The van der Waals surface area contributed by atoms with Gasteiger partial charge in [-0.2, -0.15) is 0 Å². The van der Waals surface area contributed by atoms with Gasteiger partial charge >= 0.3 is 12.1 Å². The fraction of sp³-hybridized carbons (Fsp3) is 0.839. The summed E-state index contributed by atoms with van der Waals surface area (Å²) in [6, 6.07) is -0.818. The van der Waals surface area contributed by atoms with Crippen LogP contribution in [0.25, 0.3) is 0 Å². The molecule has 2 aliphatic carbocycles. The molecular weight excluding hydrogens is 466 g/mol. The van der Waals surface area contributed by atoms with Gasteiger partial charge in [0.2, 0.25) is 0 Å². The SMILES string of the molecule is CCCCCCCCCCCCC(NC(=O)OC(C)(C)C)C(=O)OC1C[C@]2(C)CCCCC2=C(C)C1=O. The van der Waals surface area contributed by atoms with Crippen LogP contribution in [0.2, 0.25) is 0 Å². The third-order valence-electron chi connectivity index (χ3n) is 7.96. The second kappa shape index (κ2) is 14.9. The molecule has 3 atom stereocenters. The average Bonchev–Trinajstić information content (AvgIpc) is 2.81. The predicted molar refractivity (Wildman–Crippen MR) is 148 cm³/mol. The Kier molecular flexibility index (Phi) is 12.7. The van der Waals surface area contributed by atoms with Gasteiger partial charge in [-0.1, -0.05) is 90.0 Å². The van der Waals surface area contributed by atoms with Gasteiger partial charge < -0.3 is 14.8 Å². The molecule has 212 valence electrons. The van der Waals surface area contributed by atoms with Crippen LogP contribution in [-0.2, 0) is 19.1 Å². The fourth-order valence-corrected chi connectivity index (χ4v) is 5.88. The van der Waals surface area contributed by atoms with Crippen molar-refractivity contribution in [2.75, 3.05) is 0 Å². The van der Waals surface area contributed by atoms with Crippen LogP contribution in [0.15, 0.2) is 11.1 Å². The van der Waals surface area contributed by atoms with E-state index in [9.17, 15) is 14.4 Å². The van der Waals surface area contributed by atoms with Crippen LogP contribution in [0.1, 0.15) is 144 Å². The maximum atomic E-state index is 13.3. The maximum Gasteiger partial charge on any atom is 0.408 e. The third kappa shape index (κ3) is 10.4. The molecule has 1 N–H and O–H groups in total. The molecule has 0 heterocycles. The Morgan fingerprint density at radius 2 is 1.59 bits per heavy atom. The van der Waals surface area contributed by atoms with Crippen LogP contribution < -0.4 is 5.32 Å². The summed E-state index contributed by atoms with van der Waals surface area (Å²) in [5.74, 6) is -0.617. The zero-order chi connectivity index (χ0) is 27.5. The number of fused-ring (bicyclic) bond motifs is 1. The van der Waals surface area contributed by atoms with Crippen molar-refractivity contribution in [3.05, 3.63) is 11.1 Å². The summed E-state index contributed by atoms with van der Waals surface area (Å²) in [5, 5.41) is 2.73. The fourth-order valence-electron chi connectivity index (χ4n) is 5.88. The lowest BCUT2D eigenvalue weighted by atomic mass is 9.63. The van der Waals surface area contributed by atoms with Crippen LogP contribution in [-0.4, -0.2) is 35.6 Å². The van der Waals surface area contributed by atoms with Gasteiger partial charge in [0.25, 0.3) is 0 Å². The Bertz CT molecular complexity index is 796. The van der Waals surface area contributed by atoms with Gasteiger partial charge in [-0.25, -0.2) is 9.59 Å². The number of alkyl carbamates (subject to hydrolysis) is 1. The van der Waals surface area contributed by atoms with E-state index in [2.05, 4.69) is 19.2 Å².